The van der Waals surface area contributed by atoms with Crippen LogP contribution in [0.15, 0.2) is 24.3 Å². The lowest BCUT2D eigenvalue weighted by Gasteiger charge is -2.30. The molecule has 1 aliphatic heterocycles. The lowest BCUT2D eigenvalue weighted by molar-refractivity contribution is 0.199. The molecule has 4 heteroatoms. The predicted molar refractivity (Wildman–Crippen MR) is 87.5 cm³/mol. The van der Waals surface area contributed by atoms with Gasteiger partial charge in [-0.15, -0.1) is 12.4 Å². The quantitative estimate of drug-likeness (QED) is 0.867. The van der Waals surface area contributed by atoms with Crippen molar-refractivity contribution in [1.29, 1.82) is 0 Å². The third-order valence-electron chi connectivity index (χ3n) is 4.62. The van der Waals surface area contributed by atoms with E-state index < -0.39 is 0 Å². The fourth-order valence-corrected chi connectivity index (χ4v) is 3.18. The molecular formula is C17H26ClFN2. The minimum Gasteiger partial charge on any atom is -0.317 e. The van der Waals surface area contributed by atoms with E-state index in [1.807, 2.05) is 12.1 Å². The lowest BCUT2D eigenvalue weighted by atomic mass is 9.97. The number of hydrogen-bond donors (Lipinski definition) is 1. The number of rotatable bonds is 6. The minimum atomic E-state index is -0.137. The van der Waals surface area contributed by atoms with Gasteiger partial charge in [0, 0.05) is 19.1 Å². The first kappa shape index (κ1) is 16.7. The summed E-state index contributed by atoms with van der Waals surface area (Å²) in [4.78, 5) is 2.68. The van der Waals surface area contributed by atoms with Crippen molar-refractivity contribution in [2.45, 2.75) is 38.1 Å². The molecule has 0 bridgehead atoms. The normalized spacial score (nSPS) is 19.5. The average Bonchev–Trinajstić information content (AvgIpc) is 3.31. The van der Waals surface area contributed by atoms with E-state index >= 15 is 0 Å². The maximum Gasteiger partial charge on any atom is 0.123 e. The maximum atomic E-state index is 12.9. The molecule has 118 valence electrons. The number of halogens is 2. The highest BCUT2D eigenvalue weighted by atomic mass is 35.5. The highest BCUT2D eigenvalue weighted by Gasteiger charge is 2.30. The minimum absolute atomic E-state index is 0. The van der Waals surface area contributed by atoms with E-state index in [4.69, 9.17) is 0 Å². The van der Waals surface area contributed by atoms with Gasteiger partial charge in [0.05, 0.1) is 0 Å². The zero-order valence-electron chi connectivity index (χ0n) is 12.6. The van der Waals surface area contributed by atoms with Crippen LogP contribution in [0.1, 0.15) is 31.2 Å². The molecule has 2 fully saturated rings. The van der Waals surface area contributed by atoms with Crippen LogP contribution >= 0.6 is 12.4 Å². The number of hydrogen-bond acceptors (Lipinski definition) is 2. The molecule has 0 unspecified atom stereocenters. The Hall–Kier alpha value is -0.640. The van der Waals surface area contributed by atoms with Crippen LogP contribution in [-0.2, 0) is 6.42 Å². The van der Waals surface area contributed by atoms with Gasteiger partial charge < -0.3 is 5.32 Å². The van der Waals surface area contributed by atoms with E-state index in [0.717, 1.165) is 24.9 Å². The van der Waals surface area contributed by atoms with Gasteiger partial charge in [-0.1, -0.05) is 12.1 Å². The van der Waals surface area contributed by atoms with Crippen molar-refractivity contribution in [2.75, 3.05) is 26.2 Å². The number of nitrogens with one attached hydrogen (secondary N) is 1. The largest absolute Gasteiger partial charge is 0.317 e. The molecule has 0 aromatic heterocycles. The number of nitrogens with zero attached hydrogens (tertiary/aromatic N) is 1. The summed E-state index contributed by atoms with van der Waals surface area (Å²) in [6.45, 7) is 4.75. The summed E-state index contributed by atoms with van der Waals surface area (Å²) < 4.78 is 12.9. The van der Waals surface area contributed by atoms with Gasteiger partial charge in [-0.3, -0.25) is 4.90 Å². The Balaban J connectivity index is 0.00000161. The lowest BCUT2D eigenvalue weighted by Crippen LogP contribution is -2.38. The van der Waals surface area contributed by atoms with E-state index in [1.54, 1.807) is 12.1 Å². The smallest absolute Gasteiger partial charge is 0.123 e. The van der Waals surface area contributed by atoms with Crippen molar-refractivity contribution in [3.05, 3.63) is 35.6 Å². The van der Waals surface area contributed by atoms with Crippen LogP contribution in [-0.4, -0.2) is 37.1 Å². The Kier molecular flexibility index (Phi) is 6.46. The molecule has 1 heterocycles. The first-order chi connectivity index (χ1) is 9.81. The summed E-state index contributed by atoms with van der Waals surface area (Å²) >= 11 is 0. The zero-order chi connectivity index (χ0) is 13.8. The standard InChI is InChI=1S/C17H25FN2.ClH/c18-16-3-1-14(2-4-16)9-12-20(17-5-6-17)13-15-7-10-19-11-8-15;/h1-4,15,17,19H,5-13H2;1H. The molecule has 0 spiro atoms. The van der Waals surface area contributed by atoms with Crippen LogP contribution in [0.3, 0.4) is 0 Å². The molecule has 1 aromatic rings. The van der Waals surface area contributed by atoms with Gasteiger partial charge in [0.1, 0.15) is 5.82 Å². The molecule has 0 radical (unpaired) electrons. The molecule has 0 amide bonds. The predicted octanol–water partition coefficient (Wildman–Crippen LogP) is 3.25. The first-order valence-corrected chi connectivity index (χ1v) is 8.00. The Labute approximate surface area is 133 Å². The van der Waals surface area contributed by atoms with E-state index in [2.05, 4.69) is 10.2 Å². The van der Waals surface area contributed by atoms with Gasteiger partial charge in [0.15, 0.2) is 0 Å². The van der Waals surface area contributed by atoms with Crippen molar-refractivity contribution < 1.29 is 4.39 Å². The highest BCUT2D eigenvalue weighted by Crippen LogP contribution is 2.29. The molecule has 1 saturated heterocycles. The Morgan fingerprint density at radius 3 is 2.33 bits per heavy atom. The molecule has 21 heavy (non-hydrogen) atoms. The Morgan fingerprint density at radius 1 is 1.05 bits per heavy atom. The van der Waals surface area contributed by atoms with Crippen molar-refractivity contribution in [3.8, 4) is 0 Å². The molecule has 1 aromatic carbocycles. The van der Waals surface area contributed by atoms with E-state index in [1.165, 1.54) is 50.9 Å². The number of benzene rings is 1. The van der Waals surface area contributed by atoms with Crippen LogP contribution in [0.4, 0.5) is 4.39 Å². The molecule has 1 aliphatic carbocycles. The molecule has 1 saturated carbocycles. The van der Waals surface area contributed by atoms with Crippen LogP contribution in [0.2, 0.25) is 0 Å². The second-order valence-corrected chi connectivity index (χ2v) is 6.30. The summed E-state index contributed by atoms with van der Waals surface area (Å²) in [5.41, 5.74) is 1.25. The summed E-state index contributed by atoms with van der Waals surface area (Å²) in [6, 6.07) is 7.81. The van der Waals surface area contributed by atoms with Crippen LogP contribution in [0.5, 0.6) is 0 Å². The number of piperidine rings is 1. The van der Waals surface area contributed by atoms with E-state index in [0.29, 0.717) is 0 Å². The molecular weight excluding hydrogens is 287 g/mol. The second-order valence-electron chi connectivity index (χ2n) is 6.30. The van der Waals surface area contributed by atoms with Crippen molar-refractivity contribution in [2.24, 2.45) is 5.92 Å². The van der Waals surface area contributed by atoms with E-state index in [-0.39, 0.29) is 18.2 Å². The average molecular weight is 313 g/mol. The summed E-state index contributed by atoms with van der Waals surface area (Å²) in [7, 11) is 0. The van der Waals surface area contributed by atoms with Gasteiger partial charge >= 0.3 is 0 Å². The molecule has 2 nitrogen and oxygen atoms in total. The third kappa shape index (κ3) is 5.24. The topological polar surface area (TPSA) is 15.3 Å². The third-order valence-corrected chi connectivity index (χ3v) is 4.62. The van der Waals surface area contributed by atoms with Gasteiger partial charge in [0.2, 0.25) is 0 Å². The SMILES string of the molecule is Cl.Fc1ccc(CCN(CC2CCNCC2)C2CC2)cc1. The highest BCUT2D eigenvalue weighted by molar-refractivity contribution is 5.85. The summed E-state index contributed by atoms with van der Waals surface area (Å²) in [5, 5.41) is 3.44. The molecule has 3 rings (SSSR count). The summed E-state index contributed by atoms with van der Waals surface area (Å²) in [5.74, 6) is 0.729. The first-order valence-electron chi connectivity index (χ1n) is 8.00. The zero-order valence-corrected chi connectivity index (χ0v) is 13.4. The van der Waals surface area contributed by atoms with Gasteiger partial charge in [-0.05, 0) is 68.8 Å². The fraction of sp³-hybridized carbons (Fsp3) is 0.647. The van der Waals surface area contributed by atoms with Crippen LogP contribution in [0, 0.1) is 11.7 Å². The van der Waals surface area contributed by atoms with Gasteiger partial charge in [-0.25, -0.2) is 4.39 Å². The van der Waals surface area contributed by atoms with Crippen LogP contribution in [0.25, 0.3) is 0 Å². The van der Waals surface area contributed by atoms with Crippen molar-refractivity contribution in [3.63, 3.8) is 0 Å². The van der Waals surface area contributed by atoms with Gasteiger partial charge in [-0.2, -0.15) is 0 Å². The maximum absolute atomic E-state index is 12.9. The fourth-order valence-electron chi connectivity index (χ4n) is 3.18. The Bertz CT molecular complexity index is 413. The molecule has 1 N–H and O–H groups in total. The molecule has 0 atom stereocenters. The van der Waals surface area contributed by atoms with Gasteiger partial charge in [0.25, 0.3) is 0 Å². The monoisotopic (exact) mass is 312 g/mol. The second kappa shape index (κ2) is 8.11. The molecule has 2 aliphatic rings. The van der Waals surface area contributed by atoms with E-state index in [9.17, 15) is 4.39 Å². The Morgan fingerprint density at radius 2 is 1.71 bits per heavy atom. The van der Waals surface area contributed by atoms with Crippen molar-refractivity contribution >= 4 is 12.4 Å². The van der Waals surface area contributed by atoms with Crippen molar-refractivity contribution in [1.82, 2.24) is 10.2 Å². The summed E-state index contributed by atoms with van der Waals surface area (Å²) in [6.07, 6.45) is 6.42. The van der Waals surface area contributed by atoms with Crippen LogP contribution < -0.4 is 5.32 Å².